The Bertz CT molecular complexity index is 312. The predicted molar refractivity (Wildman–Crippen MR) is 63.8 cm³/mol. The molecule has 16 heavy (non-hydrogen) atoms. The summed E-state index contributed by atoms with van der Waals surface area (Å²) in [5.41, 5.74) is -0.126. The van der Waals surface area contributed by atoms with Crippen molar-refractivity contribution in [1.82, 2.24) is 9.62 Å². The summed E-state index contributed by atoms with van der Waals surface area (Å²) in [4.78, 5) is 2.20. The molecule has 1 unspecified atom stereocenters. The molecule has 0 bridgehead atoms. The SMILES string of the molecule is CCC1(CO)CCCN1CCNS(C)(=O)=O. The normalized spacial score (nSPS) is 27.4. The fourth-order valence-electron chi connectivity index (χ4n) is 2.40. The molecule has 0 aromatic heterocycles. The van der Waals surface area contributed by atoms with Crippen LogP contribution in [-0.2, 0) is 10.0 Å². The van der Waals surface area contributed by atoms with Gasteiger partial charge in [-0.2, -0.15) is 0 Å². The van der Waals surface area contributed by atoms with E-state index in [1.807, 2.05) is 0 Å². The van der Waals surface area contributed by atoms with Crippen LogP contribution in [0.25, 0.3) is 0 Å². The van der Waals surface area contributed by atoms with Crippen molar-refractivity contribution in [2.75, 3.05) is 32.5 Å². The third kappa shape index (κ3) is 3.41. The van der Waals surface area contributed by atoms with E-state index in [0.29, 0.717) is 13.1 Å². The Morgan fingerprint density at radius 2 is 2.19 bits per heavy atom. The first-order valence-electron chi connectivity index (χ1n) is 5.74. The molecular weight excluding hydrogens is 228 g/mol. The lowest BCUT2D eigenvalue weighted by Gasteiger charge is -2.36. The van der Waals surface area contributed by atoms with Gasteiger partial charge in [-0.3, -0.25) is 4.90 Å². The van der Waals surface area contributed by atoms with Crippen molar-refractivity contribution in [3.63, 3.8) is 0 Å². The quantitative estimate of drug-likeness (QED) is 0.683. The van der Waals surface area contributed by atoms with Crippen LogP contribution < -0.4 is 4.72 Å². The largest absolute Gasteiger partial charge is 0.394 e. The lowest BCUT2D eigenvalue weighted by molar-refractivity contribution is 0.0622. The standard InChI is InChI=1S/C10H22N2O3S/c1-3-10(9-13)5-4-7-12(10)8-6-11-16(2,14)15/h11,13H,3-9H2,1-2H3. The van der Waals surface area contributed by atoms with E-state index in [1.54, 1.807) is 0 Å². The van der Waals surface area contributed by atoms with E-state index in [0.717, 1.165) is 32.1 Å². The van der Waals surface area contributed by atoms with Crippen molar-refractivity contribution in [3.05, 3.63) is 0 Å². The molecule has 96 valence electrons. The van der Waals surface area contributed by atoms with Gasteiger partial charge in [0.1, 0.15) is 0 Å². The smallest absolute Gasteiger partial charge is 0.208 e. The minimum absolute atomic E-state index is 0.126. The van der Waals surface area contributed by atoms with E-state index in [4.69, 9.17) is 0 Å². The van der Waals surface area contributed by atoms with Crippen molar-refractivity contribution < 1.29 is 13.5 Å². The van der Waals surface area contributed by atoms with Gasteiger partial charge >= 0.3 is 0 Å². The number of nitrogens with zero attached hydrogens (tertiary/aromatic N) is 1. The van der Waals surface area contributed by atoms with E-state index in [1.165, 1.54) is 0 Å². The van der Waals surface area contributed by atoms with Crippen LogP contribution in [0.1, 0.15) is 26.2 Å². The van der Waals surface area contributed by atoms with Crippen LogP contribution in [0.4, 0.5) is 0 Å². The van der Waals surface area contributed by atoms with Crippen molar-refractivity contribution in [2.24, 2.45) is 0 Å². The average Bonchev–Trinajstić information content (AvgIpc) is 2.60. The number of hydrogen-bond donors (Lipinski definition) is 2. The Morgan fingerprint density at radius 1 is 1.50 bits per heavy atom. The second kappa shape index (κ2) is 5.44. The van der Waals surface area contributed by atoms with E-state index in [2.05, 4.69) is 16.5 Å². The number of sulfonamides is 1. The summed E-state index contributed by atoms with van der Waals surface area (Å²) in [6.45, 7) is 4.25. The highest BCUT2D eigenvalue weighted by atomic mass is 32.2. The zero-order chi connectivity index (χ0) is 12.2. The van der Waals surface area contributed by atoms with Gasteiger partial charge in [0.25, 0.3) is 0 Å². The third-order valence-corrected chi connectivity index (χ3v) is 4.17. The van der Waals surface area contributed by atoms with Gasteiger partial charge in [0.15, 0.2) is 0 Å². The van der Waals surface area contributed by atoms with Crippen molar-refractivity contribution in [2.45, 2.75) is 31.7 Å². The monoisotopic (exact) mass is 250 g/mol. The summed E-state index contributed by atoms with van der Waals surface area (Å²) in [7, 11) is -3.11. The topological polar surface area (TPSA) is 69.6 Å². The Morgan fingerprint density at radius 3 is 2.69 bits per heavy atom. The fourth-order valence-corrected chi connectivity index (χ4v) is 2.86. The lowest BCUT2D eigenvalue weighted by atomic mass is 9.94. The highest BCUT2D eigenvalue weighted by Gasteiger charge is 2.38. The number of aliphatic hydroxyl groups is 1. The minimum atomic E-state index is -3.11. The minimum Gasteiger partial charge on any atom is -0.394 e. The summed E-state index contributed by atoms with van der Waals surface area (Å²) in [5.74, 6) is 0. The number of nitrogens with one attached hydrogen (secondary N) is 1. The highest BCUT2D eigenvalue weighted by Crippen LogP contribution is 2.31. The molecule has 1 fully saturated rings. The van der Waals surface area contributed by atoms with Crippen molar-refractivity contribution >= 4 is 10.0 Å². The van der Waals surface area contributed by atoms with Gasteiger partial charge in [-0.25, -0.2) is 13.1 Å². The second-order valence-corrected chi connectivity index (χ2v) is 6.33. The molecule has 0 amide bonds. The Kier molecular flexibility index (Phi) is 4.73. The Hall–Kier alpha value is -0.170. The summed E-state index contributed by atoms with van der Waals surface area (Å²) in [6, 6.07) is 0. The molecule has 0 saturated carbocycles. The number of likely N-dealkylation sites (tertiary alicyclic amines) is 1. The fraction of sp³-hybridized carbons (Fsp3) is 1.00. The molecule has 0 aromatic carbocycles. The third-order valence-electron chi connectivity index (χ3n) is 3.44. The summed E-state index contributed by atoms with van der Waals surface area (Å²) in [6.07, 6.45) is 4.14. The van der Waals surface area contributed by atoms with Crippen LogP contribution in [-0.4, -0.2) is 56.5 Å². The van der Waals surface area contributed by atoms with Gasteiger partial charge in [0.05, 0.1) is 12.9 Å². The molecule has 0 spiro atoms. The second-order valence-electron chi connectivity index (χ2n) is 4.49. The van der Waals surface area contributed by atoms with E-state index >= 15 is 0 Å². The van der Waals surface area contributed by atoms with Crippen LogP contribution in [0.5, 0.6) is 0 Å². The molecule has 0 aliphatic carbocycles. The molecule has 0 aromatic rings. The summed E-state index contributed by atoms with van der Waals surface area (Å²) >= 11 is 0. The molecule has 1 saturated heterocycles. The molecule has 1 heterocycles. The highest BCUT2D eigenvalue weighted by molar-refractivity contribution is 7.88. The summed E-state index contributed by atoms with van der Waals surface area (Å²) in [5, 5.41) is 9.47. The number of hydrogen-bond acceptors (Lipinski definition) is 4. The zero-order valence-electron chi connectivity index (χ0n) is 10.1. The van der Waals surface area contributed by atoms with Crippen LogP contribution >= 0.6 is 0 Å². The first-order valence-corrected chi connectivity index (χ1v) is 7.63. The molecule has 2 N–H and O–H groups in total. The zero-order valence-corrected chi connectivity index (χ0v) is 10.9. The maximum absolute atomic E-state index is 10.9. The average molecular weight is 250 g/mol. The van der Waals surface area contributed by atoms with Crippen LogP contribution in [0, 0.1) is 0 Å². The predicted octanol–water partition coefficient (Wildman–Crippen LogP) is -0.227. The maximum Gasteiger partial charge on any atom is 0.208 e. The van der Waals surface area contributed by atoms with Gasteiger partial charge in [-0.1, -0.05) is 6.92 Å². The molecule has 1 atom stereocenters. The van der Waals surface area contributed by atoms with Crippen molar-refractivity contribution in [3.8, 4) is 0 Å². The number of aliphatic hydroxyl groups excluding tert-OH is 1. The Labute approximate surface area is 97.9 Å². The molecule has 1 rings (SSSR count). The maximum atomic E-state index is 10.9. The lowest BCUT2D eigenvalue weighted by Crippen LogP contribution is -2.49. The Balaban J connectivity index is 2.47. The van der Waals surface area contributed by atoms with Crippen LogP contribution in [0.2, 0.25) is 0 Å². The number of rotatable bonds is 6. The molecule has 5 nitrogen and oxygen atoms in total. The van der Waals surface area contributed by atoms with Gasteiger partial charge in [-0.15, -0.1) is 0 Å². The molecular formula is C10H22N2O3S. The van der Waals surface area contributed by atoms with E-state index < -0.39 is 10.0 Å². The first kappa shape index (κ1) is 13.9. The van der Waals surface area contributed by atoms with Crippen LogP contribution in [0.3, 0.4) is 0 Å². The van der Waals surface area contributed by atoms with E-state index in [9.17, 15) is 13.5 Å². The van der Waals surface area contributed by atoms with Gasteiger partial charge in [0.2, 0.25) is 10.0 Å². The molecule has 1 aliphatic heterocycles. The van der Waals surface area contributed by atoms with Gasteiger partial charge in [0, 0.05) is 18.6 Å². The summed E-state index contributed by atoms with van der Waals surface area (Å²) < 4.78 is 24.3. The van der Waals surface area contributed by atoms with Crippen LogP contribution in [0.15, 0.2) is 0 Å². The molecule has 0 radical (unpaired) electrons. The molecule has 6 heteroatoms. The first-order chi connectivity index (χ1) is 7.43. The van der Waals surface area contributed by atoms with Gasteiger partial charge < -0.3 is 5.11 Å². The molecule has 1 aliphatic rings. The van der Waals surface area contributed by atoms with Crippen molar-refractivity contribution in [1.29, 1.82) is 0 Å². The van der Waals surface area contributed by atoms with E-state index in [-0.39, 0.29) is 12.1 Å². The van der Waals surface area contributed by atoms with Gasteiger partial charge in [-0.05, 0) is 25.8 Å².